The number of unbranched alkanes of at least 4 members (excludes halogenated alkanes) is 6. The molecule has 0 aromatic rings. The molecule has 0 aromatic carbocycles. The Morgan fingerprint density at radius 3 is 1.90 bits per heavy atom. The molecular formula is C18H37NO. The van der Waals surface area contributed by atoms with E-state index in [-0.39, 0.29) is 11.1 Å². The molecule has 0 bridgehead atoms. The van der Waals surface area contributed by atoms with Crippen molar-refractivity contribution in [2.75, 3.05) is 6.61 Å². The lowest BCUT2D eigenvalue weighted by atomic mass is 9.81. The van der Waals surface area contributed by atoms with Gasteiger partial charge in [-0.05, 0) is 47.0 Å². The number of hydrogen-bond acceptors (Lipinski definition) is 2. The second kappa shape index (κ2) is 8.38. The van der Waals surface area contributed by atoms with Crippen molar-refractivity contribution in [2.24, 2.45) is 0 Å². The van der Waals surface area contributed by atoms with Crippen LogP contribution >= 0.6 is 0 Å². The Morgan fingerprint density at radius 2 is 1.35 bits per heavy atom. The Kier molecular flexibility index (Phi) is 7.53. The van der Waals surface area contributed by atoms with Crippen LogP contribution in [0.1, 0.15) is 92.4 Å². The van der Waals surface area contributed by atoms with Crippen LogP contribution in [0.2, 0.25) is 0 Å². The van der Waals surface area contributed by atoms with Gasteiger partial charge in [0.05, 0.1) is 6.10 Å². The summed E-state index contributed by atoms with van der Waals surface area (Å²) < 4.78 is 6.14. The van der Waals surface area contributed by atoms with Crippen molar-refractivity contribution in [3.63, 3.8) is 0 Å². The third-order valence-electron chi connectivity index (χ3n) is 4.25. The van der Waals surface area contributed by atoms with Crippen molar-refractivity contribution < 1.29 is 4.74 Å². The summed E-state index contributed by atoms with van der Waals surface area (Å²) in [4.78, 5) is 0. The van der Waals surface area contributed by atoms with Crippen LogP contribution in [-0.2, 0) is 4.74 Å². The van der Waals surface area contributed by atoms with Crippen LogP contribution < -0.4 is 5.32 Å². The summed E-state index contributed by atoms with van der Waals surface area (Å²) in [5.41, 5.74) is 0.402. The van der Waals surface area contributed by atoms with E-state index in [0.29, 0.717) is 6.10 Å². The zero-order valence-electron chi connectivity index (χ0n) is 14.6. The minimum absolute atomic E-state index is 0.201. The van der Waals surface area contributed by atoms with E-state index in [4.69, 9.17) is 4.74 Å². The van der Waals surface area contributed by atoms with Gasteiger partial charge in [-0.2, -0.15) is 0 Å². The van der Waals surface area contributed by atoms with Gasteiger partial charge in [0.1, 0.15) is 0 Å². The topological polar surface area (TPSA) is 21.3 Å². The summed E-state index contributed by atoms with van der Waals surface area (Å²) in [6.07, 6.45) is 12.2. The van der Waals surface area contributed by atoms with E-state index in [1.165, 1.54) is 44.9 Å². The van der Waals surface area contributed by atoms with Gasteiger partial charge in [0.2, 0.25) is 0 Å². The summed E-state index contributed by atoms with van der Waals surface area (Å²) in [5.74, 6) is 0. The van der Waals surface area contributed by atoms with Gasteiger partial charge in [0.15, 0.2) is 0 Å². The van der Waals surface area contributed by atoms with Crippen LogP contribution in [0.4, 0.5) is 0 Å². The first-order valence-corrected chi connectivity index (χ1v) is 8.76. The first-order valence-electron chi connectivity index (χ1n) is 8.76. The Balaban J connectivity index is 2.09. The van der Waals surface area contributed by atoms with Gasteiger partial charge >= 0.3 is 0 Å². The molecule has 0 amide bonds. The number of hydrogen-bond donors (Lipinski definition) is 1. The molecule has 2 nitrogen and oxygen atoms in total. The quantitative estimate of drug-likeness (QED) is 0.597. The molecule has 120 valence electrons. The molecule has 1 fully saturated rings. The third-order valence-corrected chi connectivity index (χ3v) is 4.25. The average molecular weight is 284 g/mol. The second-order valence-electron chi connectivity index (χ2n) is 7.92. The van der Waals surface area contributed by atoms with Gasteiger partial charge < -0.3 is 10.1 Å². The molecule has 0 saturated carbocycles. The lowest BCUT2D eigenvalue weighted by molar-refractivity contribution is -0.0228. The summed E-state index contributed by atoms with van der Waals surface area (Å²) >= 11 is 0. The molecule has 0 radical (unpaired) electrons. The molecule has 1 aliphatic rings. The lowest BCUT2D eigenvalue weighted by Gasteiger charge is -2.46. The van der Waals surface area contributed by atoms with Gasteiger partial charge in [-0.3, -0.25) is 0 Å². The summed E-state index contributed by atoms with van der Waals surface area (Å²) in [6, 6.07) is 0. The highest BCUT2D eigenvalue weighted by Crippen LogP contribution is 2.30. The van der Waals surface area contributed by atoms with Crippen LogP contribution in [0.25, 0.3) is 0 Å². The maximum atomic E-state index is 6.14. The molecule has 1 heterocycles. The number of piperidine rings is 1. The minimum atomic E-state index is 0.201. The zero-order chi connectivity index (χ0) is 15.1. The van der Waals surface area contributed by atoms with Crippen LogP contribution in [0.3, 0.4) is 0 Å². The van der Waals surface area contributed by atoms with Gasteiger partial charge in [0, 0.05) is 17.7 Å². The van der Waals surface area contributed by atoms with Crippen LogP contribution in [0.15, 0.2) is 0 Å². The van der Waals surface area contributed by atoms with Gasteiger partial charge in [-0.15, -0.1) is 0 Å². The molecule has 1 saturated heterocycles. The van der Waals surface area contributed by atoms with Crippen molar-refractivity contribution in [3.05, 3.63) is 0 Å². The third kappa shape index (κ3) is 7.64. The molecular weight excluding hydrogens is 246 g/mol. The summed E-state index contributed by atoms with van der Waals surface area (Å²) in [7, 11) is 0. The highest BCUT2D eigenvalue weighted by molar-refractivity contribution is 4.97. The largest absolute Gasteiger partial charge is 0.378 e. The number of ether oxygens (including phenoxy) is 1. The first-order chi connectivity index (χ1) is 9.35. The standard InChI is InChI=1S/C18H37NO/c1-6-7-8-9-10-11-12-13-20-16-14-17(2,3)19-18(4,5)15-16/h16,19H,6-15H2,1-5H3. The fraction of sp³-hybridized carbons (Fsp3) is 1.00. The van der Waals surface area contributed by atoms with E-state index in [0.717, 1.165) is 19.4 Å². The second-order valence-corrected chi connectivity index (χ2v) is 7.92. The fourth-order valence-electron chi connectivity index (χ4n) is 3.66. The van der Waals surface area contributed by atoms with E-state index in [2.05, 4.69) is 39.9 Å². The fourth-order valence-corrected chi connectivity index (χ4v) is 3.66. The van der Waals surface area contributed by atoms with Crippen molar-refractivity contribution in [2.45, 2.75) is 110 Å². The Morgan fingerprint density at radius 1 is 0.850 bits per heavy atom. The Labute approximate surface area is 127 Å². The van der Waals surface area contributed by atoms with Gasteiger partial charge in [-0.25, -0.2) is 0 Å². The van der Waals surface area contributed by atoms with E-state index >= 15 is 0 Å². The normalized spacial score (nSPS) is 22.1. The van der Waals surface area contributed by atoms with Crippen LogP contribution in [0.5, 0.6) is 0 Å². The molecule has 0 unspecified atom stereocenters. The lowest BCUT2D eigenvalue weighted by Crippen LogP contribution is -2.59. The summed E-state index contributed by atoms with van der Waals surface area (Å²) in [5, 5.41) is 3.71. The molecule has 1 N–H and O–H groups in total. The van der Waals surface area contributed by atoms with Crippen LogP contribution in [0, 0.1) is 0 Å². The predicted octanol–water partition coefficient (Wildman–Crippen LogP) is 5.06. The average Bonchev–Trinajstić information content (AvgIpc) is 2.28. The molecule has 0 aliphatic carbocycles. The molecule has 1 aliphatic heterocycles. The van der Waals surface area contributed by atoms with Gasteiger partial charge in [0.25, 0.3) is 0 Å². The number of rotatable bonds is 9. The molecule has 0 aromatic heterocycles. The Hall–Kier alpha value is -0.0800. The smallest absolute Gasteiger partial charge is 0.0609 e. The maximum Gasteiger partial charge on any atom is 0.0609 e. The van der Waals surface area contributed by atoms with Gasteiger partial charge in [-0.1, -0.05) is 45.4 Å². The van der Waals surface area contributed by atoms with E-state index < -0.39 is 0 Å². The monoisotopic (exact) mass is 283 g/mol. The molecule has 2 heteroatoms. The molecule has 0 spiro atoms. The van der Waals surface area contributed by atoms with E-state index in [1.807, 2.05) is 0 Å². The van der Waals surface area contributed by atoms with Crippen molar-refractivity contribution in [3.8, 4) is 0 Å². The summed E-state index contributed by atoms with van der Waals surface area (Å²) in [6.45, 7) is 12.4. The molecule has 0 atom stereocenters. The minimum Gasteiger partial charge on any atom is -0.378 e. The predicted molar refractivity (Wildman–Crippen MR) is 88.3 cm³/mol. The maximum absolute atomic E-state index is 6.14. The van der Waals surface area contributed by atoms with Crippen molar-refractivity contribution in [1.82, 2.24) is 5.32 Å². The van der Waals surface area contributed by atoms with Crippen LogP contribution in [-0.4, -0.2) is 23.8 Å². The molecule has 20 heavy (non-hydrogen) atoms. The molecule has 1 rings (SSSR count). The van der Waals surface area contributed by atoms with E-state index in [1.54, 1.807) is 0 Å². The highest BCUT2D eigenvalue weighted by Gasteiger charge is 2.37. The Bertz CT molecular complexity index is 244. The SMILES string of the molecule is CCCCCCCCCOC1CC(C)(C)NC(C)(C)C1. The van der Waals surface area contributed by atoms with Crippen molar-refractivity contribution >= 4 is 0 Å². The van der Waals surface area contributed by atoms with E-state index in [9.17, 15) is 0 Å². The highest BCUT2D eigenvalue weighted by atomic mass is 16.5. The van der Waals surface area contributed by atoms with Crippen molar-refractivity contribution in [1.29, 1.82) is 0 Å². The zero-order valence-corrected chi connectivity index (χ0v) is 14.6. The number of nitrogens with one attached hydrogen (secondary N) is 1. The first kappa shape index (κ1) is 18.0.